The number of hydrogen-bond donors (Lipinski definition) is 2. The Morgan fingerprint density at radius 1 is 1.17 bits per heavy atom. The van der Waals surface area contributed by atoms with Gasteiger partial charge < -0.3 is 15.4 Å². The zero-order chi connectivity index (χ0) is 16.6. The number of ether oxygens (including phenoxy) is 1. The van der Waals surface area contributed by atoms with Crippen LogP contribution in [-0.4, -0.2) is 56.9 Å². The third-order valence-corrected chi connectivity index (χ3v) is 5.03. The predicted molar refractivity (Wildman–Crippen MR) is 95.2 cm³/mol. The van der Waals surface area contributed by atoms with E-state index in [1.165, 1.54) is 11.1 Å². The second-order valence-corrected chi connectivity index (χ2v) is 6.82. The molecule has 2 aliphatic rings. The largest absolute Gasteiger partial charge is 0.380 e. The Bertz CT molecular complexity index is 527. The number of carbonyl (C=O) groups excluding carboxylic acids is 1. The van der Waals surface area contributed by atoms with Crippen molar-refractivity contribution in [2.45, 2.75) is 25.7 Å². The van der Waals surface area contributed by atoms with E-state index in [-0.39, 0.29) is 6.03 Å². The molecule has 1 saturated heterocycles. The summed E-state index contributed by atoms with van der Waals surface area (Å²) in [7, 11) is 0. The summed E-state index contributed by atoms with van der Waals surface area (Å²) >= 11 is 0. The summed E-state index contributed by atoms with van der Waals surface area (Å²) < 4.78 is 5.44. The molecule has 5 nitrogen and oxygen atoms in total. The molecule has 0 spiro atoms. The minimum atomic E-state index is -0.0417. The fourth-order valence-electron chi connectivity index (χ4n) is 3.60. The number of fused-ring (bicyclic) bond motifs is 1. The van der Waals surface area contributed by atoms with Gasteiger partial charge in [0.25, 0.3) is 0 Å². The third kappa shape index (κ3) is 5.21. The summed E-state index contributed by atoms with van der Waals surface area (Å²) in [6.07, 6.45) is 4.44. The van der Waals surface area contributed by atoms with Crippen molar-refractivity contribution in [3.8, 4) is 0 Å². The highest BCUT2D eigenvalue weighted by Gasteiger charge is 2.18. The maximum atomic E-state index is 12.0. The molecule has 2 amide bonds. The van der Waals surface area contributed by atoms with Crippen LogP contribution < -0.4 is 10.6 Å². The molecule has 1 aliphatic carbocycles. The average molecular weight is 331 g/mol. The molecule has 0 bridgehead atoms. The summed E-state index contributed by atoms with van der Waals surface area (Å²) in [6.45, 7) is 6.03. The molecule has 5 heteroatoms. The molecule has 24 heavy (non-hydrogen) atoms. The lowest BCUT2D eigenvalue weighted by Gasteiger charge is -2.25. The number of nitrogens with one attached hydrogen (secondary N) is 2. The van der Waals surface area contributed by atoms with Crippen molar-refractivity contribution < 1.29 is 9.53 Å². The summed E-state index contributed by atoms with van der Waals surface area (Å²) in [5, 5.41) is 6.02. The van der Waals surface area contributed by atoms with Gasteiger partial charge in [-0.25, -0.2) is 4.79 Å². The number of benzene rings is 1. The lowest BCUT2D eigenvalue weighted by molar-refractivity contribution is 0.141. The van der Waals surface area contributed by atoms with Crippen molar-refractivity contribution in [1.29, 1.82) is 0 Å². The normalized spacial score (nSPS) is 21.6. The fourth-order valence-corrected chi connectivity index (χ4v) is 3.60. The van der Waals surface area contributed by atoms with Crippen LogP contribution in [0.5, 0.6) is 0 Å². The highest BCUT2D eigenvalue weighted by atomic mass is 16.5. The van der Waals surface area contributed by atoms with Gasteiger partial charge in [0.1, 0.15) is 0 Å². The Morgan fingerprint density at radius 2 is 2.04 bits per heavy atom. The standard InChI is InChI=1S/C19H29N3O2/c23-19(20-8-10-22-9-3-12-24-13-11-22)21-15-16-6-7-17-4-1-2-5-18(17)14-16/h1-2,4-5,16H,3,6-15H2,(H2,20,21,23)/t16-/m1/s1. The molecule has 1 fully saturated rings. The van der Waals surface area contributed by atoms with Crippen LogP contribution in [0.2, 0.25) is 0 Å². The topological polar surface area (TPSA) is 53.6 Å². The van der Waals surface area contributed by atoms with E-state index in [2.05, 4.69) is 39.8 Å². The van der Waals surface area contributed by atoms with Gasteiger partial charge in [-0.2, -0.15) is 0 Å². The number of aryl methyl sites for hydroxylation is 1. The third-order valence-electron chi connectivity index (χ3n) is 5.03. The summed E-state index contributed by atoms with van der Waals surface area (Å²) in [5.74, 6) is 0.549. The van der Waals surface area contributed by atoms with Gasteiger partial charge in [-0.1, -0.05) is 24.3 Å². The van der Waals surface area contributed by atoms with E-state index < -0.39 is 0 Å². The van der Waals surface area contributed by atoms with Crippen molar-refractivity contribution in [2.75, 3.05) is 45.9 Å². The molecule has 0 unspecified atom stereocenters. The number of amides is 2. The molecule has 2 N–H and O–H groups in total. The molecule has 0 radical (unpaired) electrons. The Hall–Kier alpha value is -1.59. The lowest BCUT2D eigenvalue weighted by Crippen LogP contribution is -2.42. The van der Waals surface area contributed by atoms with Gasteiger partial charge in [-0.3, -0.25) is 4.90 Å². The molecule has 0 aromatic heterocycles. The second kappa shape index (κ2) is 9.04. The van der Waals surface area contributed by atoms with Gasteiger partial charge in [0, 0.05) is 39.3 Å². The molecule has 1 aromatic rings. The zero-order valence-corrected chi connectivity index (χ0v) is 14.4. The van der Waals surface area contributed by atoms with Gasteiger partial charge in [0.15, 0.2) is 0 Å². The van der Waals surface area contributed by atoms with Crippen LogP contribution in [0.1, 0.15) is 24.0 Å². The van der Waals surface area contributed by atoms with Gasteiger partial charge in [0.05, 0.1) is 6.61 Å². The summed E-state index contributed by atoms with van der Waals surface area (Å²) in [6, 6.07) is 8.61. The predicted octanol–water partition coefficient (Wildman–Crippen LogP) is 1.81. The van der Waals surface area contributed by atoms with Crippen molar-refractivity contribution >= 4 is 6.03 Å². The molecule has 1 heterocycles. The lowest BCUT2D eigenvalue weighted by atomic mass is 9.84. The Kier molecular flexibility index (Phi) is 6.49. The Labute approximate surface area is 144 Å². The first-order valence-corrected chi connectivity index (χ1v) is 9.20. The quantitative estimate of drug-likeness (QED) is 0.865. The summed E-state index contributed by atoms with van der Waals surface area (Å²) in [4.78, 5) is 14.3. The number of urea groups is 1. The highest BCUT2D eigenvalue weighted by molar-refractivity contribution is 5.73. The minimum absolute atomic E-state index is 0.0417. The number of rotatable bonds is 5. The Balaban J connectivity index is 1.31. The van der Waals surface area contributed by atoms with Crippen LogP contribution in [0.3, 0.4) is 0 Å². The molecular weight excluding hydrogens is 302 g/mol. The SMILES string of the molecule is O=C(NCCN1CCCOCC1)NC[C@@H]1CCc2ccccc2C1. The van der Waals surface area contributed by atoms with Gasteiger partial charge >= 0.3 is 6.03 Å². The van der Waals surface area contributed by atoms with Crippen LogP contribution in [-0.2, 0) is 17.6 Å². The second-order valence-electron chi connectivity index (χ2n) is 6.82. The highest BCUT2D eigenvalue weighted by Crippen LogP contribution is 2.24. The van der Waals surface area contributed by atoms with Crippen LogP contribution in [0, 0.1) is 5.92 Å². The van der Waals surface area contributed by atoms with Crippen LogP contribution in [0.15, 0.2) is 24.3 Å². The van der Waals surface area contributed by atoms with Crippen molar-refractivity contribution in [2.24, 2.45) is 5.92 Å². The van der Waals surface area contributed by atoms with Gasteiger partial charge in [-0.05, 0) is 42.7 Å². The van der Waals surface area contributed by atoms with E-state index in [4.69, 9.17) is 4.74 Å². The molecule has 3 rings (SSSR count). The van der Waals surface area contributed by atoms with E-state index in [9.17, 15) is 4.79 Å². The molecular formula is C19H29N3O2. The van der Waals surface area contributed by atoms with E-state index >= 15 is 0 Å². The number of carbonyl (C=O) groups is 1. The monoisotopic (exact) mass is 331 g/mol. The first-order chi connectivity index (χ1) is 11.8. The average Bonchev–Trinajstić information content (AvgIpc) is 2.89. The maximum Gasteiger partial charge on any atom is 0.314 e. The molecule has 1 aromatic carbocycles. The van der Waals surface area contributed by atoms with E-state index in [0.717, 1.165) is 65.1 Å². The molecule has 132 valence electrons. The first-order valence-electron chi connectivity index (χ1n) is 9.20. The van der Waals surface area contributed by atoms with Crippen LogP contribution in [0.4, 0.5) is 4.79 Å². The molecule has 0 saturated carbocycles. The van der Waals surface area contributed by atoms with E-state index in [1.807, 2.05) is 0 Å². The van der Waals surface area contributed by atoms with Crippen molar-refractivity contribution in [3.63, 3.8) is 0 Å². The van der Waals surface area contributed by atoms with Gasteiger partial charge in [-0.15, -0.1) is 0 Å². The number of nitrogens with zero attached hydrogens (tertiary/aromatic N) is 1. The Morgan fingerprint density at radius 3 is 2.96 bits per heavy atom. The minimum Gasteiger partial charge on any atom is -0.380 e. The van der Waals surface area contributed by atoms with Gasteiger partial charge in [0.2, 0.25) is 0 Å². The maximum absolute atomic E-state index is 12.0. The number of hydrogen-bond acceptors (Lipinski definition) is 3. The fraction of sp³-hybridized carbons (Fsp3) is 0.632. The smallest absolute Gasteiger partial charge is 0.314 e. The summed E-state index contributed by atoms with van der Waals surface area (Å²) in [5.41, 5.74) is 2.92. The first kappa shape index (κ1) is 17.2. The zero-order valence-electron chi connectivity index (χ0n) is 14.4. The van der Waals surface area contributed by atoms with Crippen LogP contribution >= 0.6 is 0 Å². The van der Waals surface area contributed by atoms with Crippen molar-refractivity contribution in [1.82, 2.24) is 15.5 Å². The van der Waals surface area contributed by atoms with Crippen LogP contribution in [0.25, 0.3) is 0 Å². The molecule has 1 aliphatic heterocycles. The van der Waals surface area contributed by atoms with E-state index in [1.54, 1.807) is 0 Å². The molecule has 1 atom stereocenters. The van der Waals surface area contributed by atoms with E-state index in [0.29, 0.717) is 12.5 Å². The van der Waals surface area contributed by atoms with Crippen molar-refractivity contribution in [3.05, 3.63) is 35.4 Å².